The number of pyridine rings is 2. The lowest BCUT2D eigenvalue weighted by Crippen LogP contribution is -2.41. The van der Waals surface area contributed by atoms with Crippen LogP contribution < -0.4 is 15.8 Å². The average Bonchev–Trinajstić information content (AvgIpc) is 3.37. The Morgan fingerprint density at radius 3 is 2.68 bits per heavy atom. The van der Waals surface area contributed by atoms with Crippen LogP contribution in [0.2, 0.25) is 5.02 Å². The standard InChI is InChI=1S/C27H26ClN5O4/c28-22-5-4-20(18-3-6-23(30-15-18)27(35)33-9-11-36-12-10-33)21-13-19(37-26(21)22)16-32-25(34)8-2-17-1-7-24(29)31-14-17/h1-8,14-15,19H,9-13,16H2,(H2,29,31)(H,32,34)/b8-2+. The number of nitrogens with one attached hydrogen (secondary N) is 1. The number of nitrogens with two attached hydrogens (primary N) is 1. The molecule has 0 radical (unpaired) electrons. The predicted octanol–water partition coefficient (Wildman–Crippen LogP) is 2.98. The lowest BCUT2D eigenvalue weighted by atomic mass is 9.97. The Labute approximate surface area is 219 Å². The van der Waals surface area contributed by atoms with E-state index >= 15 is 0 Å². The van der Waals surface area contributed by atoms with Gasteiger partial charge in [-0.15, -0.1) is 0 Å². The molecular weight excluding hydrogens is 494 g/mol. The van der Waals surface area contributed by atoms with Crippen molar-refractivity contribution in [2.45, 2.75) is 12.5 Å². The zero-order chi connectivity index (χ0) is 25.8. The largest absolute Gasteiger partial charge is 0.486 e. The van der Waals surface area contributed by atoms with Gasteiger partial charge < -0.3 is 25.4 Å². The van der Waals surface area contributed by atoms with Crippen LogP contribution in [0.4, 0.5) is 5.82 Å². The quantitative estimate of drug-likeness (QED) is 0.480. The second kappa shape index (κ2) is 11.0. The highest BCUT2D eigenvalue weighted by Crippen LogP contribution is 2.41. The number of nitrogen functional groups attached to an aromatic ring is 1. The number of carbonyl (C=O) groups excluding carboxylic acids is 2. The molecule has 5 rings (SSSR count). The Morgan fingerprint density at radius 2 is 1.95 bits per heavy atom. The number of fused-ring (bicyclic) bond motifs is 1. The van der Waals surface area contributed by atoms with Crippen molar-refractivity contribution >= 4 is 35.3 Å². The van der Waals surface area contributed by atoms with Crippen LogP contribution in [0.15, 0.2) is 54.9 Å². The highest BCUT2D eigenvalue weighted by molar-refractivity contribution is 6.32. The summed E-state index contributed by atoms with van der Waals surface area (Å²) in [4.78, 5) is 35.2. The highest BCUT2D eigenvalue weighted by Gasteiger charge is 2.28. The van der Waals surface area contributed by atoms with E-state index in [0.717, 1.165) is 22.3 Å². The van der Waals surface area contributed by atoms with Gasteiger partial charge in [0.25, 0.3) is 5.91 Å². The summed E-state index contributed by atoms with van der Waals surface area (Å²) >= 11 is 6.42. The van der Waals surface area contributed by atoms with E-state index in [1.54, 1.807) is 47.6 Å². The van der Waals surface area contributed by atoms with Crippen LogP contribution in [0, 0.1) is 0 Å². The lowest BCUT2D eigenvalue weighted by Gasteiger charge is -2.26. The summed E-state index contributed by atoms with van der Waals surface area (Å²) in [6.07, 6.45) is 6.72. The maximum atomic E-state index is 12.7. The Kier molecular flexibility index (Phi) is 7.34. The molecule has 2 aliphatic heterocycles. The summed E-state index contributed by atoms with van der Waals surface area (Å²) in [6.45, 7) is 2.53. The molecule has 0 saturated carbocycles. The number of amides is 2. The van der Waals surface area contributed by atoms with E-state index in [9.17, 15) is 9.59 Å². The number of benzene rings is 1. The number of hydrogen-bond donors (Lipinski definition) is 2. The zero-order valence-corrected chi connectivity index (χ0v) is 20.8. The van der Waals surface area contributed by atoms with E-state index in [0.29, 0.717) is 61.6 Å². The molecule has 1 unspecified atom stereocenters. The third kappa shape index (κ3) is 5.73. The summed E-state index contributed by atoms with van der Waals surface area (Å²) in [5.41, 5.74) is 9.50. The molecule has 1 atom stereocenters. The summed E-state index contributed by atoms with van der Waals surface area (Å²) in [5, 5.41) is 3.38. The summed E-state index contributed by atoms with van der Waals surface area (Å²) in [7, 11) is 0. The summed E-state index contributed by atoms with van der Waals surface area (Å²) in [6, 6.07) is 10.8. The van der Waals surface area contributed by atoms with Crippen molar-refractivity contribution in [3.8, 4) is 16.9 Å². The van der Waals surface area contributed by atoms with Crippen molar-refractivity contribution in [1.29, 1.82) is 0 Å². The Bertz CT molecular complexity index is 1320. The van der Waals surface area contributed by atoms with Gasteiger partial charge in [0.05, 0.1) is 24.8 Å². The SMILES string of the molecule is Nc1ccc(/C=C/C(=O)NCC2Cc3c(-c4ccc(C(=O)N5CCOCC5)nc4)ccc(Cl)c3O2)cn1. The smallest absolute Gasteiger partial charge is 0.272 e. The fourth-order valence-electron chi connectivity index (χ4n) is 4.32. The molecule has 1 saturated heterocycles. The minimum absolute atomic E-state index is 0.1000. The van der Waals surface area contributed by atoms with E-state index in [-0.39, 0.29) is 17.9 Å². The van der Waals surface area contributed by atoms with Crippen LogP contribution in [0.3, 0.4) is 0 Å². The van der Waals surface area contributed by atoms with Gasteiger partial charge in [0.2, 0.25) is 5.91 Å². The van der Waals surface area contributed by atoms with E-state index in [2.05, 4.69) is 15.3 Å². The van der Waals surface area contributed by atoms with Crippen molar-refractivity contribution in [2.75, 3.05) is 38.6 Å². The van der Waals surface area contributed by atoms with Gasteiger partial charge >= 0.3 is 0 Å². The van der Waals surface area contributed by atoms with Gasteiger partial charge in [0.15, 0.2) is 0 Å². The molecule has 2 aromatic heterocycles. The van der Waals surface area contributed by atoms with E-state index in [1.807, 2.05) is 12.1 Å². The number of carbonyl (C=O) groups is 2. The number of morpholine rings is 1. The number of rotatable bonds is 6. The van der Waals surface area contributed by atoms with Gasteiger partial charge in [-0.1, -0.05) is 23.7 Å². The van der Waals surface area contributed by atoms with Crippen molar-refractivity contribution in [3.63, 3.8) is 0 Å². The van der Waals surface area contributed by atoms with Crippen LogP contribution in [-0.2, 0) is 16.0 Å². The molecular formula is C27H26ClN5O4. The van der Waals surface area contributed by atoms with E-state index in [1.165, 1.54) is 6.08 Å². The molecule has 190 valence electrons. The third-order valence-corrected chi connectivity index (χ3v) is 6.56. The maximum Gasteiger partial charge on any atom is 0.272 e. The van der Waals surface area contributed by atoms with Gasteiger partial charge in [-0.05, 0) is 41.5 Å². The normalized spacial score (nSPS) is 16.9. The number of anilines is 1. The first kappa shape index (κ1) is 24.7. The number of hydrogen-bond acceptors (Lipinski definition) is 7. The summed E-state index contributed by atoms with van der Waals surface area (Å²) in [5.74, 6) is 0.686. The molecule has 3 N–H and O–H groups in total. The minimum atomic E-state index is -0.265. The number of nitrogens with zero attached hydrogens (tertiary/aromatic N) is 3. The van der Waals surface area contributed by atoms with Crippen LogP contribution in [-0.4, -0.2) is 65.6 Å². The minimum Gasteiger partial charge on any atom is -0.486 e. The third-order valence-electron chi connectivity index (χ3n) is 6.26. The second-order valence-corrected chi connectivity index (χ2v) is 9.19. The van der Waals surface area contributed by atoms with E-state index in [4.69, 9.17) is 26.8 Å². The van der Waals surface area contributed by atoms with Crippen molar-refractivity contribution in [3.05, 3.63) is 76.7 Å². The molecule has 10 heteroatoms. The van der Waals surface area contributed by atoms with Crippen molar-refractivity contribution in [2.24, 2.45) is 0 Å². The predicted molar refractivity (Wildman–Crippen MR) is 140 cm³/mol. The maximum absolute atomic E-state index is 12.7. The van der Waals surface area contributed by atoms with Gasteiger partial charge in [-0.3, -0.25) is 14.6 Å². The van der Waals surface area contributed by atoms with Crippen molar-refractivity contribution < 1.29 is 19.1 Å². The fraction of sp³-hybridized carbons (Fsp3) is 0.259. The number of halogens is 1. The fourth-order valence-corrected chi connectivity index (χ4v) is 4.54. The lowest BCUT2D eigenvalue weighted by molar-refractivity contribution is -0.116. The zero-order valence-electron chi connectivity index (χ0n) is 20.0. The molecule has 37 heavy (non-hydrogen) atoms. The molecule has 1 fully saturated rings. The molecule has 0 spiro atoms. The first-order valence-electron chi connectivity index (χ1n) is 12.0. The Morgan fingerprint density at radius 1 is 1.11 bits per heavy atom. The van der Waals surface area contributed by atoms with Crippen LogP contribution in [0.5, 0.6) is 5.75 Å². The molecule has 9 nitrogen and oxygen atoms in total. The Hall–Kier alpha value is -3.95. The molecule has 2 amide bonds. The molecule has 1 aromatic carbocycles. The highest BCUT2D eigenvalue weighted by atomic mass is 35.5. The number of aromatic nitrogens is 2. The topological polar surface area (TPSA) is 120 Å². The monoisotopic (exact) mass is 519 g/mol. The Balaban J connectivity index is 1.23. The first-order chi connectivity index (χ1) is 18.0. The van der Waals surface area contributed by atoms with Gasteiger partial charge in [0.1, 0.15) is 23.4 Å². The molecule has 4 heterocycles. The van der Waals surface area contributed by atoms with Crippen LogP contribution >= 0.6 is 11.6 Å². The van der Waals surface area contributed by atoms with Gasteiger partial charge in [0, 0.05) is 49.1 Å². The van der Waals surface area contributed by atoms with Gasteiger partial charge in [-0.25, -0.2) is 4.98 Å². The van der Waals surface area contributed by atoms with Crippen LogP contribution in [0.25, 0.3) is 17.2 Å². The second-order valence-electron chi connectivity index (χ2n) is 8.78. The van der Waals surface area contributed by atoms with Crippen LogP contribution in [0.1, 0.15) is 21.6 Å². The molecule has 3 aromatic rings. The molecule has 0 aliphatic carbocycles. The van der Waals surface area contributed by atoms with Crippen molar-refractivity contribution in [1.82, 2.24) is 20.2 Å². The van der Waals surface area contributed by atoms with Gasteiger partial charge in [-0.2, -0.15) is 0 Å². The first-order valence-corrected chi connectivity index (χ1v) is 12.3. The molecule has 0 bridgehead atoms. The average molecular weight is 520 g/mol. The van der Waals surface area contributed by atoms with E-state index < -0.39 is 0 Å². The summed E-state index contributed by atoms with van der Waals surface area (Å²) < 4.78 is 11.4. The molecule has 2 aliphatic rings. The number of ether oxygens (including phenoxy) is 2.